The minimum atomic E-state index is -3.48. The van der Waals surface area contributed by atoms with Gasteiger partial charge in [-0.3, -0.25) is 0 Å². The van der Waals surface area contributed by atoms with Crippen LogP contribution in [0.25, 0.3) is 0 Å². The smallest absolute Gasteiger partial charge is 0.240 e. The van der Waals surface area contributed by atoms with Gasteiger partial charge in [0.1, 0.15) is 0 Å². The van der Waals surface area contributed by atoms with Crippen molar-refractivity contribution in [1.82, 2.24) is 10.0 Å². The fourth-order valence-electron chi connectivity index (χ4n) is 2.20. The number of thioether (sulfide) groups is 1. The number of rotatable bonds is 6. The number of hydrogen-bond acceptors (Lipinski definition) is 4. The Bertz CT molecular complexity index is 572. The lowest BCUT2D eigenvalue weighted by Gasteiger charge is -2.22. The molecule has 0 unspecified atom stereocenters. The molecule has 1 aromatic carbocycles. The van der Waals surface area contributed by atoms with Crippen molar-refractivity contribution in [3.05, 3.63) is 28.8 Å². The number of benzene rings is 1. The van der Waals surface area contributed by atoms with Crippen LogP contribution >= 0.6 is 23.4 Å². The van der Waals surface area contributed by atoms with Gasteiger partial charge in [0.2, 0.25) is 10.0 Å². The molecule has 0 spiro atoms. The van der Waals surface area contributed by atoms with Gasteiger partial charge in [-0.05, 0) is 48.6 Å². The predicted molar refractivity (Wildman–Crippen MR) is 89.5 cm³/mol. The Labute approximate surface area is 136 Å². The second-order valence-corrected chi connectivity index (χ2v) is 8.39. The Hall–Kier alpha value is -0.270. The highest BCUT2D eigenvalue weighted by Crippen LogP contribution is 2.23. The lowest BCUT2D eigenvalue weighted by atomic mass is 10.2. The van der Waals surface area contributed by atoms with Gasteiger partial charge in [-0.15, -0.1) is 0 Å². The first-order valence-corrected chi connectivity index (χ1v) is 10.1. The zero-order chi connectivity index (χ0) is 15.3. The normalized spacial score (nSPS) is 17.0. The summed E-state index contributed by atoms with van der Waals surface area (Å²) in [6.45, 7) is 3.50. The molecule has 4 nitrogen and oxygen atoms in total. The Morgan fingerprint density at radius 2 is 2.05 bits per heavy atom. The van der Waals surface area contributed by atoms with Gasteiger partial charge in [-0.2, -0.15) is 11.8 Å². The van der Waals surface area contributed by atoms with Gasteiger partial charge < -0.3 is 5.32 Å². The Morgan fingerprint density at radius 1 is 1.33 bits per heavy atom. The van der Waals surface area contributed by atoms with E-state index in [9.17, 15) is 8.42 Å². The first-order valence-electron chi connectivity index (χ1n) is 7.12. The molecule has 1 aromatic rings. The van der Waals surface area contributed by atoms with E-state index in [1.54, 1.807) is 12.1 Å². The maximum atomic E-state index is 12.4. The van der Waals surface area contributed by atoms with Crippen molar-refractivity contribution < 1.29 is 8.42 Å². The van der Waals surface area contributed by atoms with Crippen molar-refractivity contribution >= 4 is 33.4 Å². The minimum Gasteiger partial charge on any atom is -0.313 e. The number of nitrogens with one attached hydrogen (secondary N) is 2. The highest BCUT2D eigenvalue weighted by molar-refractivity contribution is 7.99. The van der Waals surface area contributed by atoms with E-state index in [1.807, 2.05) is 18.7 Å². The van der Waals surface area contributed by atoms with Crippen LogP contribution in [0.2, 0.25) is 5.02 Å². The molecule has 0 atom stereocenters. The summed E-state index contributed by atoms with van der Waals surface area (Å²) < 4.78 is 27.6. The summed E-state index contributed by atoms with van der Waals surface area (Å²) in [5.41, 5.74) is 0.909. The van der Waals surface area contributed by atoms with Crippen LogP contribution < -0.4 is 10.0 Å². The van der Waals surface area contributed by atoms with E-state index in [2.05, 4.69) is 10.0 Å². The molecule has 1 aliphatic rings. The molecule has 0 aliphatic carbocycles. The molecule has 0 radical (unpaired) electrons. The first kappa shape index (κ1) is 17.1. The van der Waals surface area contributed by atoms with Crippen LogP contribution in [0.3, 0.4) is 0 Å². The topological polar surface area (TPSA) is 58.2 Å². The van der Waals surface area contributed by atoms with E-state index < -0.39 is 10.0 Å². The first-order chi connectivity index (χ1) is 10.0. The molecule has 2 rings (SSSR count). The third-order valence-electron chi connectivity index (χ3n) is 3.44. The Kier molecular flexibility index (Phi) is 6.37. The SMILES string of the molecule is CCNCc1ccc(S(=O)(=O)NC2CCSCC2)cc1Cl. The van der Waals surface area contributed by atoms with Crippen molar-refractivity contribution in [3.63, 3.8) is 0 Å². The summed E-state index contributed by atoms with van der Waals surface area (Å²) in [7, 11) is -3.48. The molecule has 7 heteroatoms. The molecule has 0 bridgehead atoms. The summed E-state index contributed by atoms with van der Waals surface area (Å²) in [5.74, 6) is 2.02. The minimum absolute atomic E-state index is 0.0384. The quantitative estimate of drug-likeness (QED) is 0.829. The molecule has 118 valence electrons. The standard InChI is InChI=1S/C14H21ClN2O2S2/c1-2-16-10-11-3-4-13(9-14(11)15)21(18,19)17-12-5-7-20-8-6-12/h3-4,9,12,16-17H,2,5-8,10H2,1H3. The zero-order valence-electron chi connectivity index (χ0n) is 12.1. The van der Waals surface area contributed by atoms with Crippen molar-refractivity contribution in [2.24, 2.45) is 0 Å². The van der Waals surface area contributed by atoms with E-state index >= 15 is 0 Å². The lowest BCUT2D eigenvalue weighted by molar-refractivity contribution is 0.529. The molecule has 2 N–H and O–H groups in total. The maximum Gasteiger partial charge on any atom is 0.240 e. The van der Waals surface area contributed by atoms with Crippen molar-refractivity contribution in [1.29, 1.82) is 0 Å². The van der Waals surface area contributed by atoms with E-state index in [1.165, 1.54) is 6.07 Å². The fraction of sp³-hybridized carbons (Fsp3) is 0.571. The molecule has 1 saturated heterocycles. The third-order valence-corrected chi connectivity index (χ3v) is 6.36. The van der Waals surface area contributed by atoms with Crippen molar-refractivity contribution in [3.8, 4) is 0 Å². The van der Waals surface area contributed by atoms with E-state index in [0.717, 1.165) is 36.5 Å². The molecular weight excluding hydrogens is 328 g/mol. The van der Waals surface area contributed by atoms with E-state index in [-0.39, 0.29) is 10.9 Å². The van der Waals surface area contributed by atoms with Crippen molar-refractivity contribution in [2.45, 2.75) is 37.2 Å². The van der Waals surface area contributed by atoms with Crippen LogP contribution in [0.1, 0.15) is 25.3 Å². The van der Waals surface area contributed by atoms with Crippen molar-refractivity contribution in [2.75, 3.05) is 18.1 Å². The summed E-state index contributed by atoms with van der Waals surface area (Å²) in [6, 6.07) is 4.97. The number of hydrogen-bond donors (Lipinski definition) is 2. The highest BCUT2D eigenvalue weighted by atomic mass is 35.5. The van der Waals surface area contributed by atoms with Crippen LogP contribution in [0, 0.1) is 0 Å². The summed E-state index contributed by atoms with van der Waals surface area (Å²) >= 11 is 8.05. The second kappa shape index (κ2) is 7.83. The van der Waals surface area contributed by atoms with Crippen LogP contribution in [0.4, 0.5) is 0 Å². The van der Waals surface area contributed by atoms with Crippen LogP contribution in [0.5, 0.6) is 0 Å². The Morgan fingerprint density at radius 3 is 2.67 bits per heavy atom. The van der Waals surface area contributed by atoms with Gasteiger partial charge in [0.25, 0.3) is 0 Å². The molecule has 1 aliphatic heterocycles. The molecule has 1 fully saturated rings. The monoisotopic (exact) mass is 348 g/mol. The predicted octanol–water partition coefficient (Wildman–Crippen LogP) is 2.62. The van der Waals surface area contributed by atoms with Gasteiger partial charge >= 0.3 is 0 Å². The summed E-state index contributed by atoms with van der Waals surface area (Å²) in [4.78, 5) is 0.242. The van der Waals surface area contributed by atoms with Crippen LogP contribution in [0.15, 0.2) is 23.1 Å². The van der Waals surface area contributed by atoms with E-state index in [0.29, 0.717) is 11.6 Å². The van der Waals surface area contributed by atoms with E-state index in [4.69, 9.17) is 11.6 Å². The third kappa shape index (κ3) is 4.86. The fourth-order valence-corrected chi connectivity index (χ4v) is 4.95. The van der Waals surface area contributed by atoms with Gasteiger partial charge in [-0.25, -0.2) is 13.1 Å². The lowest BCUT2D eigenvalue weighted by Crippen LogP contribution is -2.37. The number of sulfonamides is 1. The summed E-state index contributed by atoms with van der Waals surface area (Å²) in [5, 5.41) is 3.66. The molecule has 0 aromatic heterocycles. The maximum absolute atomic E-state index is 12.4. The molecule has 21 heavy (non-hydrogen) atoms. The average molecular weight is 349 g/mol. The average Bonchev–Trinajstić information content (AvgIpc) is 2.46. The Balaban J connectivity index is 2.10. The van der Waals surface area contributed by atoms with Gasteiger partial charge in [-0.1, -0.05) is 24.6 Å². The van der Waals surface area contributed by atoms with Crippen LogP contribution in [-0.4, -0.2) is 32.5 Å². The molecule has 1 heterocycles. The second-order valence-electron chi connectivity index (χ2n) is 5.04. The van der Waals surface area contributed by atoms with Gasteiger partial charge in [0.15, 0.2) is 0 Å². The van der Waals surface area contributed by atoms with Gasteiger partial charge in [0, 0.05) is 17.6 Å². The van der Waals surface area contributed by atoms with Gasteiger partial charge in [0.05, 0.1) is 4.90 Å². The summed E-state index contributed by atoms with van der Waals surface area (Å²) in [6.07, 6.45) is 1.77. The zero-order valence-corrected chi connectivity index (χ0v) is 14.5. The molecule has 0 saturated carbocycles. The largest absolute Gasteiger partial charge is 0.313 e. The number of halogens is 1. The van der Waals surface area contributed by atoms with Crippen LogP contribution in [-0.2, 0) is 16.6 Å². The molecule has 0 amide bonds. The molecular formula is C14H21ClN2O2S2. The highest BCUT2D eigenvalue weighted by Gasteiger charge is 2.22.